The van der Waals surface area contributed by atoms with E-state index in [-0.39, 0.29) is 23.2 Å². The maximum absolute atomic E-state index is 11.1. The molecule has 8 heteroatoms. The van der Waals surface area contributed by atoms with E-state index in [1.165, 1.54) is 10.7 Å². The zero-order valence-electron chi connectivity index (χ0n) is 11.9. The number of aromatic nitrogens is 2. The van der Waals surface area contributed by atoms with Crippen molar-refractivity contribution >= 4 is 11.5 Å². The highest BCUT2D eigenvalue weighted by Crippen LogP contribution is 2.34. The Morgan fingerprint density at radius 2 is 2.14 bits per heavy atom. The molecule has 0 fully saturated rings. The van der Waals surface area contributed by atoms with Crippen LogP contribution < -0.4 is 10.5 Å². The second kappa shape index (κ2) is 5.23. The summed E-state index contributed by atoms with van der Waals surface area (Å²) < 4.78 is 7.03. The molecule has 0 atom stereocenters. The normalized spacial score (nSPS) is 10.4. The molecule has 3 N–H and O–H groups in total. The Hall–Kier alpha value is -2.90. The van der Waals surface area contributed by atoms with Gasteiger partial charge in [0.15, 0.2) is 0 Å². The van der Waals surface area contributed by atoms with Crippen LogP contribution in [0.2, 0.25) is 0 Å². The Kier molecular flexibility index (Phi) is 3.62. The van der Waals surface area contributed by atoms with Crippen molar-refractivity contribution in [2.45, 2.75) is 13.8 Å². The number of rotatable bonds is 4. The lowest BCUT2D eigenvalue weighted by molar-refractivity contribution is -0.385. The highest BCUT2D eigenvalue weighted by Gasteiger charge is 2.22. The molecule has 110 valence electrons. The van der Waals surface area contributed by atoms with E-state index in [1.54, 1.807) is 33.0 Å². The Balaban J connectivity index is 2.55. The van der Waals surface area contributed by atoms with Crippen LogP contribution in [0.4, 0.5) is 5.69 Å². The van der Waals surface area contributed by atoms with Crippen molar-refractivity contribution in [3.63, 3.8) is 0 Å². The van der Waals surface area contributed by atoms with Crippen LogP contribution in [0.3, 0.4) is 0 Å². The first kappa shape index (κ1) is 14.5. The van der Waals surface area contributed by atoms with Crippen LogP contribution in [0.1, 0.15) is 16.8 Å². The number of nitrogens with zero attached hydrogens (tertiary/aromatic N) is 3. The van der Waals surface area contributed by atoms with E-state index in [0.29, 0.717) is 11.3 Å². The van der Waals surface area contributed by atoms with E-state index < -0.39 is 4.92 Å². The number of aryl methyl sites for hydroxylation is 3. The standard InChI is InChI=1S/C13H15N5O3/c1-7-4-5-9(18(19)20)10(6-7)21-13-11(12(14)15)8(2)16-17(13)3/h4-6H,1-3H3,(H3,14,15). The average Bonchev–Trinajstić information content (AvgIpc) is 2.63. The van der Waals surface area contributed by atoms with Gasteiger partial charge in [-0.2, -0.15) is 5.10 Å². The number of nitrogens with one attached hydrogen (secondary N) is 1. The Bertz CT molecular complexity index is 736. The summed E-state index contributed by atoms with van der Waals surface area (Å²) in [6.45, 7) is 3.49. The number of nitro benzene ring substituents is 1. The van der Waals surface area contributed by atoms with Gasteiger partial charge in [-0.1, -0.05) is 6.07 Å². The molecule has 0 spiro atoms. The zero-order valence-corrected chi connectivity index (χ0v) is 11.9. The van der Waals surface area contributed by atoms with Gasteiger partial charge in [0.25, 0.3) is 0 Å². The predicted octanol–water partition coefficient (Wildman–Crippen LogP) is 2.02. The van der Waals surface area contributed by atoms with Crippen molar-refractivity contribution in [1.29, 1.82) is 5.41 Å². The summed E-state index contributed by atoms with van der Waals surface area (Å²) in [5.74, 6) is 0.0881. The molecule has 0 bridgehead atoms. The number of benzene rings is 1. The van der Waals surface area contributed by atoms with Gasteiger partial charge < -0.3 is 10.5 Å². The third-order valence-electron chi connectivity index (χ3n) is 2.96. The predicted molar refractivity (Wildman–Crippen MR) is 76.9 cm³/mol. The van der Waals surface area contributed by atoms with Gasteiger partial charge in [0.05, 0.1) is 10.6 Å². The van der Waals surface area contributed by atoms with Gasteiger partial charge in [0, 0.05) is 13.1 Å². The van der Waals surface area contributed by atoms with Crippen LogP contribution >= 0.6 is 0 Å². The molecule has 2 aromatic rings. The molecule has 1 aromatic heterocycles. The Morgan fingerprint density at radius 1 is 1.48 bits per heavy atom. The smallest absolute Gasteiger partial charge is 0.311 e. The molecule has 0 amide bonds. The molecular weight excluding hydrogens is 274 g/mol. The van der Waals surface area contributed by atoms with Crippen molar-refractivity contribution in [2.75, 3.05) is 0 Å². The first-order chi connectivity index (χ1) is 9.81. The summed E-state index contributed by atoms with van der Waals surface area (Å²) in [5, 5.41) is 22.8. The van der Waals surface area contributed by atoms with Crippen molar-refractivity contribution in [1.82, 2.24) is 9.78 Å². The Labute approximate surface area is 120 Å². The summed E-state index contributed by atoms with van der Waals surface area (Å²) in [6, 6.07) is 4.57. The summed E-state index contributed by atoms with van der Waals surface area (Å²) in [7, 11) is 1.62. The van der Waals surface area contributed by atoms with E-state index in [9.17, 15) is 10.1 Å². The molecule has 2 rings (SSSR count). The van der Waals surface area contributed by atoms with Crippen LogP contribution in [0, 0.1) is 29.4 Å². The summed E-state index contributed by atoms with van der Waals surface area (Å²) in [4.78, 5) is 10.5. The van der Waals surface area contributed by atoms with Gasteiger partial charge >= 0.3 is 5.69 Å². The van der Waals surface area contributed by atoms with Gasteiger partial charge in [-0.05, 0) is 25.5 Å². The first-order valence-corrected chi connectivity index (χ1v) is 6.12. The van der Waals surface area contributed by atoms with Gasteiger partial charge in [0.2, 0.25) is 11.6 Å². The van der Waals surface area contributed by atoms with Gasteiger partial charge in [-0.25, -0.2) is 4.68 Å². The molecule has 8 nitrogen and oxygen atoms in total. The van der Waals surface area contributed by atoms with E-state index >= 15 is 0 Å². The molecule has 0 aliphatic rings. The maximum atomic E-state index is 11.1. The van der Waals surface area contributed by atoms with Crippen molar-refractivity contribution in [2.24, 2.45) is 12.8 Å². The summed E-state index contributed by atoms with van der Waals surface area (Å²) in [6.07, 6.45) is 0. The third kappa shape index (κ3) is 2.69. The molecule has 1 heterocycles. The lowest BCUT2D eigenvalue weighted by Crippen LogP contribution is -2.13. The fraction of sp³-hybridized carbons (Fsp3) is 0.231. The molecule has 1 aromatic carbocycles. The van der Waals surface area contributed by atoms with Crippen molar-refractivity contribution < 1.29 is 9.66 Å². The van der Waals surface area contributed by atoms with Crippen LogP contribution in [0.25, 0.3) is 0 Å². The fourth-order valence-corrected chi connectivity index (χ4v) is 2.02. The van der Waals surface area contributed by atoms with E-state index in [0.717, 1.165) is 5.56 Å². The second-order valence-corrected chi connectivity index (χ2v) is 4.63. The number of ether oxygens (including phenoxy) is 1. The molecule has 0 saturated carbocycles. The molecule has 0 radical (unpaired) electrons. The highest BCUT2D eigenvalue weighted by molar-refractivity contribution is 5.98. The third-order valence-corrected chi connectivity index (χ3v) is 2.96. The van der Waals surface area contributed by atoms with Crippen LogP contribution in [-0.4, -0.2) is 20.5 Å². The fourth-order valence-electron chi connectivity index (χ4n) is 2.02. The molecule has 0 aliphatic heterocycles. The number of amidine groups is 1. The number of nitrogens with two attached hydrogens (primary N) is 1. The van der Waals surface area contributed by atoms with Crippen molar-refractivity contribution in [3.8, 4) is 11.6 Å². The average molecular weight is 289 g/mol. The topological polar surface area (TPSA) is 120 Å². The lowest BCUT2D eigenvalue weighted by atomic mass is 10.2. The number of hydrogen-bond acceptors (Lipinski definition) is 5. The first-order valence-electron chi connectivity index (χ1n) is 6.12. The molecule has 0 saturated heterocycles. The molecule has 0 unspecified atom stereocenters. The monoisotopic (exact) mass is 289 g/mol. The summed E-state index contributed by atoms with van der Waals surface area (Å²) in [5.41, 5.74) is 7.04. The SMILES string of the molecule is Cc1ccc([N+](=O)[O-])c(Oc2c(C(=N)N)c(C)nn2C)c1. The summed E-state index contributed by atoms with van der Waals surface area (Å²) >= 11 is 0. The quantitative estimate of drug-likeness (QED) is 0.386. The number of nitrogen functional groups attached to an aromatic ring is 1. The number of nitro groups is 1. The maximum Gasteiger partial charge on any atom is 0.311 e. The Morgan fingerprint density at radius 3 is 2.71 bits per heavy atom. The van der Waals surface area contributed by atoms with Gasteiger partial charge in [-0.15, -0.1) is 0 Å². The number of hydrogen-bond donors (Lipinski definition) is 2. The van der Waals surface area contributed by atoms with E-state index in [4.69, 9.17) is 15.9 Å². The lowest BCUT2D eigenvalue weighted by Gasteiger charge is -2.09. The van der Waals surface area contributed by atoms with Gasteiger partial charge in [-0.3, -0.25) is 15.5 Å². The minimum atomic E-state index is -0.522. The minimum absolute atomic E-state index is 0.0884. The zero-order chi connectivity index (χ0) is 15.7. The highest BCUT2D eigenvalue weighted by atomic mass is 16.6. The van der Waals surface area contributed by atoms with Gasteiger partial charge in [0.1, 0.15) is 11.4 Å². The second-order valence-electron chi connectivity index (χ2n) is 4.63. The molecular formula is C13H15N5O3. The van der Waals surface area contributed by atoms with Crippen LogP contribution in [0.15, 0.2) is 18.2 Å². The van der Waals surface area contributed by atoms with Crippen molar-refractivity contribution in [3.05, 3.63) is 45.1 Å². The van der Waals surface area contributed by atoms with Crippen LogP contribution in [0.5, 0.6) is 11.6 Å². The van der Waals surface area contributed by atoms with Crippen LogP contribution in [-0.2, 0) is 7.05 Å². The minimum Gasteiger partial charge on any atom is -0.431 e. The van der Waals surface area contributed by atoms with E-state index in [1.807, 2.05) is 0 Å². The molecule has 21 heavy (non-hydrogen) atoms. The van der Waals surface area contributed by atoms with E-state index in [2.05, 4.69) is 5.10 Å². The largest absolute Gasteiger partial charge is 0.431 e. The molecule has 0 aliphatic carbocycles.